The van der Waals surface area contributed by atoms with Gasteiger partial charge in [0.2, 0.25) is 14.2 Å². The van der Waals surface area contributed by atoms with E-state index < -0.39 is 14.6 Å². The quantitative estimate of drug-likeness (QED) is 0.277. The first-order chi connectivity index (χ1) is 19.9. The minimum Gasteiger partial charge on any atom is -0.377 e. The maximum Gasteiger partial charge on any atom is 0.319 e. The van der Waals surface area contributed by atoms with Crippen molar-refractivity contribution in [3.8, 4) is 11.4 Å². The third kappa shape index (κ3) is 5.29. The molecule has 6 rings (SSSR count). The number of thiazole rings is 1. The molecule has 0 spiro atoms. The van der Waals surface area contributed by atoms with E-state index >= 15 is 0 Å². The molecule has 3 aromatic heterocycles. The van der Waals surface area contributed by atoms with Crippen LogP contribution in [-0.2, 0) is 25.9 Å². The van der Waals surface area contributed by atoms with Crippen molar-refractivity contribution in [1.29, 1.82) is 0 Å². The van der Waals surface area contributed by atoms with Crippen LogP contribution in [0.4, 0.5) is 16.3 Å². The highest BCUT2D eigenvalue weighted by atomic mass is 32.2. The number of hydrogen-bond acceptors (Lipinski definition) is 10. The standard InChI is InChI=1S/C27H30N8O4S2/c1-18-17-39-13-12-35(18)23-15-21(27(7-2-8-27)41(37,38)26-30-11-14-40-26)33-24(34-23)19-3-5-20(6-4-19)32-25(36)31-16-22-28-9-10-29-22/h3-6,9-11,14-15,18H,2,7-8,12-13,16-17H2,1H3,(H,28,29)(H2,31,32,36)/t18-/m0/s1. The number of anilines is 2. The van der Waals surface area contributed by atoms with Gasteiger partial charge in [-0.3, -0.25) is 0 Å². The molecule has 1 saturated carbocycles. The third-order valence-electron chi connectivity index (χ3n) is 7.53. The number of ether oxygens (including phenoxy) is 1. The fraction of sp³-hybridized carbons (Fsp3) is 0.370. The van der Waals surface area contributed by atoms with E-state index in [1.807, 2.05) is 18.2 Å². The molecule has 0 unspecified atom stereocenters. The van der Waals surface area contributed by atoms with Gasteiger partial charge in [0.15, 0.2) is 5.82 Å². The molecule has 2 fully saturated rings. The average molecular weight is 595 g/mol. The van der Waals surface area contributed by atoms with Gasteiger partial charge in [0.05, 0.1) is 31.5 Å². The van der Waals surface area contributed by atoms with Crippen LogP contribution in [0.2, 0.25) is 0 Å². The topological polar surface area (TPSA) is 155 Å². The normalized spacial score (nSPS) is 18.5. The molecule has 4 aromatic rings. The van der Waals surface area contributed by atoms with Crippen molar-refractivity contribution in [2.45, 2.75) is 47.9 Å². The molecule has 2 amide bonds. The van der Waals surface area contributed by atoms with E-state index in [1.165, 1.54) is 6.20 Å². The molecule has 1 atom stereocenters. The lowest BCUT2D eigenvalue weighted by Crippen LogP contribution is -2.46. The molecule has 1 aliphatic carbocycles. The number of imidazole rings is 1. The number of benzene rings is 1. The van der Waals surface area contributed by atoms with E-state index in [1.54, 1.807) is 29.9 Å². The monoisotopic (exact) mass is 594 g/mol. The molecule has 1 aromatic carbocycles. The molecule has 0 bridgehead atoms. The van der Waals surface area contributed by atoms with Crippen LogP contribution in [0.5, 0.6) is 0 Å². The highest BCUT2D eigenvalue weighted by molar-refractivity contribution is 7.94. The average Bonchev–Trinajstić information content (AvgIpc) is 3.67. The predicted octanol–water partition coefficient (Wildman–Crippen LogP) is 3.72. The van der Waals surface area contributed by atoms with Gasteiger partial charge < -0.3 is 25.3 Å². The van der Waals surface area contributed by atoms with Gasteiger partial charge in [0.25, 0.3) is 0 Å². The second-order valence-electron chi connectivity index (χ2n) is 10.1. The van der Waals surface area contributed by atoms with E-state index in [-0.39, 0.29) is 23.0 Å². The van der Waals surface area contributed by atoms with Crippen molar-refractivity contribution in [2.75, 3.05) is 30.0 Å². The Hall–Kier alpha value is -3.88. The number of rotatable bonds is 8. The highest BCUT2D eigenvalue weighted by Crippen LogP contribution is 2.51. The number of amides is 2. The SMILES string of the molecule is C[C@H]1COCCN1c1cc(C2(S(=O)(=O)c3nccs3)CCC2)nc(-c2ccc(NC(=O)NCc3ncc[nH]3)cc2)n1. The number of aromatic nitrogens is 5. The molecule has 3 N–H and O–H groups in total. The van der Waals surface area contributed by atoms with Crippen molar-refractivity contribution in [1.82, 2.24) is 30.2 Å². The number of carbonyl (C=O) groups is 1. The lowest BCUT2D eigenvalue weighted by Gasteiger charge is -2.40. The molecule has 1 aliphatic heterocycles. The van der Waals surface area contributed by atoms with Crippen LogP contribution in [0.15, 0.2) is 58.6 Å². The van der Waals surface area contributed by atoms with Crippen LogP contribution < -0.4 is 15.5 Å². The van der Waals surface area contributed by atoms with Crippen LogP contribution in [0.25, 0.3) is 11.4 Å². The number of nitrogens with one attached hydrogen (secondary N) is 3. The lowest BCUT2D eigenvalue weighted by molar-refractivity contribution is 0.0985. The van der Waals surface area contributed by atoms with Crippen molar-refractivity contribution in [3.05, 3.63) is 65.8 Å². The van der Waals surface area contributed by atoms with E-state index in [4.69, 9.17) is 14.7 Å². The molecule has 14 heteroatoms. The summed E-state index contributed by atoms with van der Waals surface area (Å²) in [5.74, 6) is 1.74. The maximum atomic E-state index is 13.9. The number of nitrogens with zero attached hydrogens (tertiary/aromatic N) is 5. The van der Waals surface area contributed by atoms with Gasteiger partial charge in [-0.25, -0.2) is 33.1 Å². The molecule has 4 heterocycles. The number of morpholine rings is 1. The Morgan fingerprint density at radius 1 is 1.20 bits per heavy atom. The fourth-order valence-corrected chi connectivity index (χ4v) is 8.37. The minimum atomic E-state index is -3.76. The van der Waals surface area contributed by atoms with Gasteiger partial charge in [0, 0.05) is 47.8 Å². The van der Waals surface area contributed by atoms with Crippen LogP contribution in [0.3, 0.4) is 0 Å². The Morgan fingerprint density at radius 3 is 2.68 bits per heavy atom. The Bertz CT molecular complexity index is 1610. The number of sulfone groups is 1. The van der Waals surface area contributed by atoms with E-state index in [9.17, 15) is 13.2 Å². The number of H-pyrrole nitrogens is 1. The second-order valence-corrected chi connectivity index (χ2v) is 13.5. The Kier molecular flexibility index (Phi) is 7.45. The number of carbonyl (C=O) groups excluding carboxylic acids is 1. The number of aromatic amines is 1. The van der Waals surface area contributed by atoms with Gasteiger partial charge in [0.1, 0.15) is 16.4 Å². The molecule has 41 heavy (non-hydrogen) atoms. The fourth-order valence-electron chi connectivity index (χ4n) is 5.12. The smallest absolute Gasteiger partial charge is 0.319 e. The zero-order valence-corrected chi connectivity index (χ0v) is 24.0. The van der Waals surface area contributed by atoms with Gasteiger partial charge in [-0.2, -0.15) is 0 Å². The molecule has 12 nitrogen and oxygen atoms in total. The second kappa shape index (κ2) is 11.2. The first-order valence-electron chi connectivity index (χ1n) is 13.4. The largest absolute Gasteiger partial charge is 0.377 e. The minimum absolute atomic E-state index is 0.0681. The molecular weight excluding hydrogens is 564 g/mol. The van der Waals surface area contributed by atoms with Crippen molar-refractivity contribution < 1.29 is 17.9 Å². The summed E-state index contributed by atoms with van der Waals surface area (Å²) in [4.78, 5) is 35.4. The van der Waals surface area contributed by atoms with Gasteiger partial charge >= 0.3 is 6.03 Å². The molecular formula is C27H30N8O4S2. The van der Waals surface area contributed by atoms with Crippen molar-refractivity contribution in [2.24, 2.45) is 0 Å². The molecule has 0 radical (unpaired) electrons. The zero-order valence-electron chi connectivity index (χ0n) is 22.4. The third-order valence-corrected chi connectivity index (χ3v) is 11.3. The highest BCUT2D eigenvalue weighted by Gasteiger charge is 2.53. The van der Waals surface area contributed by atoms with Crippen LogP contribution in [0.1, 0.15) is 37.7 Å². The van der Waals surface area contributed by atoms with Crippen LogP contribution in [0, 0.1) is 0 Å². The van der Waals surface area contributed by atoms with Gasteiger partial charge in [-0.1, -0.05) is 0 Å². The summed E-state index contributed by atoms with van der Waals surface area (Å²) >= 11 is 1.13. The maximum absolute atomic E-state index is 13.9. The predicted molar refractivity (Wildman–Crippen MR) is 154 cm³/mol. The summed E-state index contributed by atoms with van der Waals surface area (Å²) in [5, 5.41) is 7.23. The summed E-state index contributed by atoms with van der Waals surface area (Å²) in [5.41, 5.74) is 1.78. The van der Waals surface area contributed by atoms with Crippen LogP contribution >= 0.6 is 11.3 Å². The molecule has 214 valence electrons. The Balaban J connectivity index is 1.32. The Morgan fingerprint density at radius 2 is 2.02 bits per heavy atom. The first kappa shape index (κ1) is 27.3. The number of hydrogen-bond donors (Lipinski definition) is 3. The van der Waals surface area contributed by atoms with E-state index in [0.29, 0.717) is 67.0 Å². The summed E-state index contributed by atoms with van der Waals surface area (Å²) in [6, 6.07) is 8.69. The Labute approximate surface area is 241 Å². The molecule has 2 aliphatic rings. The van der Waals surface area contributed by atoms with E-state index in [2.05, 4.69) is 37.4 Å². The van der Waals surface area contributed by atoms with Gasteiger partial charge in [-0.15, -0.1) is 11.3 Å². The summed E-state index contributed by atoms with van der Waals surface area (Å²) in [6.07, 6.45) is 6.56. The van der Waals surface area contributed by atoms with Crippen molar-refractivity contribution in [3.63, 3.8) is 0 Å². The number of urea groups is 1. The van der Waals surface area contributed by atoms with Crippen LogP contribution in [-0.4, -0.2) is 65.2 Å². The van der Waals surface area contributed by atoms with E-state index in [0.717, 1.165) is 17.8 Å². The van der Waals surface area contributed by atoms with Crippen molar-refractivity contribution >= 4 is 38.7 Å². The summed E-state index contributed by atoms with van der Waals surface area (Å²) in [6.45, 7) is 4.08. The molecule has 1 saturated heterocycles. The zero-order chi connectivity index (χ0) is 28.5. The lowest BCUT2D eigenvalue weighted by atomic mass is 9.81. The summed E-state index contributed by atoms with van der Waals surface area (Å²) < 4.78 is 32.3. The van der Waals surface area contributed by atoms with Gasteiger partial charge in [-0.05, 0) is 50.5 Å². The summed E-state index contributed by atoms with van der Waals surface area (Å²) in [7, 11) is -3.76. The first-order valence-corrected chi connectivity index (χ1v) is 15.7.